The summed E-state index contributed by atoms with van der Waals surface area (Å²) in [6.07, 6.45) is 4.02. The molecule has 9 nitrogen and oxygen atoms in total. The Morgan fingerprint density at radius 1 is 0.952 bits per heavy atom. The van der Waals surface area contributed by atoms with Gasteiger partial charge in [-0.1, -0.05) is 30.7 Å². The molecular weight excluding hydrogens is 554 g/mol. The molecule has 0 unspecified atom stereocenters. The van der Waals surface area contributed by atoms with Crippen LogP contribution in [0.4, 0.5) is 11.4 Å². The lowest BCUT2D eigenvalue weighted by molar-refractivity contribution is -0.126. The quantitative estimate of drug-likeness (QED) is 0.376. The van der Waals surface area contributed by atoms with Gasteiger partial charge in [-0.25, -0.2) is 8.42 Å². The number of benzene rings is 3. The third kappa shape index (κ3) is 5.07. The zero-order valence-corrected chi connectivity index (χ0v) is 25.1. The molecule has 1 saturated carbocycles. The van der Waals surface area contributed by atoms with Crippen molar-refractivity contribution in [3.63, 3.8) is 0 Å². The number of fused-ring (bicyclic) bond motifs is 2. The monoisotopic (exact) mass is 591 g/mol. The molecule has 0 atom stereocenters. The van der Waals surface area contributed by atoms with Crippen LogP contribution in [-0.4, -0.2) is 59.7 Å². The summed E-state index contributed by atoms with van der Waals surface area (Å²) in [6.45, 7) is 2.20. The van der Waals surface area contributed by atoms with Crippen molar-refractivity contribution in [1.82, 2.24) is 4.90 Å². The highest BCUT2D eigenvalue weighted by Crippen LogP contribution is 2.57. The lowest BCUT2D eigenvalue weighted by Crippen LogP contribution is -2.44. The molecule has 1 N–H and O–H groups in total. The predicted molar refractivity (Wildman–Crippen MR) is 161 cm³/mol. The van der Waals surface area contributed by atoms with Crippen molar-refractivity contribution >= 4 is 27.3 Å². The average molecular weight is 592 g/mol. The molecule has 2 fully saturated rings. The minimum atomic E-state index is -3.99. The molecule has 1 saturated heterocycles. The molecule has 0 bridgehead atoms. The van der Waals surface area contributed by atoms with Gasteiger partial charge >= 0.3 is 0 Å². The molecule has 2 aliphatic heterocycles. The highest BCUT2D eigenvalue weighted by Gasteiger charge is 2.55. The Labute approximate surface area is 247 Å². The fraction of sp³-hybridized carbons (Fsp3) is 0.406. The van der Waals surface area contributed by atoms with Gasteiger partial charge in [-0.05, 0) is 74.2 Å². The normalized spacial score (nSPS) is 18.5. The zero-order chi connectivity index (χ0) is 29.5. The second kappa shape index (κ2) is 11.1. The van der Waals surface area contributed by atoms with Crippen LogP contribution < -0.4 is 23.8 Å². The summed E-state index contributed by atoms with van der Waals surface area (Å²) in [5, 5.41) is 0. The van der Waals surface area contributed by atoms with Crippen LogP contribution in [-0.2, 0) is 26.8 Å². The summed E-state index contributed by atoms with van der Waals surface area (Å²) in [5.41, 5.74) is 2.23. The second-order valence-corrected chi connectivity index (χ2v) is 13.1. The fourth-order valence-corrected chi connectivity index (χ4v) is 7.50. The topological polar surface area (TPSA) is 97.4 Å². The molecule has 3 aliphatic rings. The zero-order valence-electron chi connectivity index (χ0n) is 24.3. The number of anilines is 2. The van der Waals surface area contributed by atoms with Crippen LogP contribution in [0.3, 0.4) is 0 Å². The molecule has 3 aromatic rings. The number of rotatable bonds is 9. The Bertz CT molecular complexity index is 1580. The lowest BCUT2D eigenvalue weighted by Gasteiger charge is -2.37. The number of piperidine rings is 1. The molecule has 10 heteroatoms. The Hall–Kier alpha value is -3.76. The molecule has 6 rings (SSSR count). The highest BCUT2D eigenvalue weighted by molar-refractivity contribution is 7.92. The van der Waals surface area contributed by atoms with Crippen molar-refractivity contribution in [1.29, 1.82) is 0 Å². The summed E-state index contributed by atoms with van der Waals surface area (Å²) in [5.74, 6) is 1.58. The maximum atomic E-state index is 14.2. The molecule has 1 spiro atoms. The fourth-order valence-electron chi connectivity index (χ4n) is 6.29. The summed E-state index contributed by atoms with van der Waals surface area (Å²) < 4.78 is 47.2. The number of hydrogen-bond acceptors (Lipinski definition) is 7. The number of sulfonamides is 1. The van der Waals surface area contributed by atoms with E-state index >= 15 is 0 Å². The van der Waals surface area contributed by atoms with Gasteiger partial charge < -0.3 is 24.0 Å². The Kier molecular flexibility index (Phi) is 7.53. The first-order valence-corrected chi connectivity index (χ1v) is 15.9. The summed E-state index contributed by atoms with van der Waals surface area (Å²) in [6, 6.07) is 17.8. The van der Waals surface area contributed by atoms with Crippen molar-refractivity contribution in [2.75, 3.05) is 44.0 Å². The van der Waals surface area contributed by atoms with E-state index in [-0.39, 0.29) is 22.7 Å². The van der Waals surface area contributed by atoms with Gasteiger partial charge in [0.1, 0.15) is 28.2 Å². The van der Waals surface area contributed by atoms with Gasteiger partial charge in [-0.3, -0.25) is 9.52 Å². The molecule has 2 heterocycles. The van der Waals surface area contributed by atoms with E-state index in [4.69, 9.17) is 14.2 Å². The molecular formula is C32H37N3O6S. The molecule has 1 amide bonds. The largest absolute Gasteiger partial charge is 0.497 e. The molecule has 3 aromatic carbocycles. The van der Waals surface area contributed by atoms with Gasteiger partial charge in [0.2, 0.25) is 5.91 Å². The van der Waals surface area contributed by atoms with Crippen molar-refractivity contribution in [2.45, 2.75) is 55.1 Å². The first-order chi connectivity index (χ1) is 20.2. The van der Waals surface area contributed by atoms with Crippen molar-refractivity contribution < 1.29 is 27.4 Å². The van der Waals surface area contributed by atoms with E-state index in [1.165, 1.54) is 13.2 Å². The third-order valence-electron chi connectivity index (χ3n) is 8.79. The highest BCUT2D eigenvalue weighted by atomic mass is 32.2. The number of likely N-dealkylation sites (tertiary alicyclic amines) is 1. The summed E-state index contributed by atoms with van der Waals surface area (Å²) >= 11 is 0. The van der Waals surface area contributed by atoms with Crippen LogP contribution in [0.15, 0.2) is 65.6 Å². The van der Waals surface area contributed by atoms with Crippen LogP contribution in [0.25, 0.3) is 0 Å². The summed E-state index contributed by atoms with van der Waals surface area (Å²) in [4.78, 5) is 18.3. The minimum absolute atomic E-state index is 0.0394. The number of ether oxygens (including phenoxy) is 3. The van der Waals surface area contributed by atoms with Gasteiger partial charge in [0.05, 0.1) is 37.6 Å². The van der Waals surface area contributed by atoms with E-state index in [9.17, 15) is 13.2 Å². The van der Waals surface area contributed by atoms with E-state index in [1.807, 2.05) is 35.2 Å². The maximum absolute atomic E-state index is 14.2. The van der Waals surface area contributed by atoms with Gasteiger partial charge in [0.25, 0.3) is 10.0 Å². The first kappa shape index (κ1) is 28.4. The average Bonchev–Trinajstić information content (AvgIpc) is 3.22. The van der Waals surface area contributed by atoms with Crippen molar-refractivity contribution in [3.05, 3.63) is 71.8 Å². The van der Waals surface area contributed by atoms with Crippen LogP contribution in [0.2, 0.25) is 0 Å². The second-order valence-electron chi connectivity index (χ2n) is 11.4. The van der Waals surface area contributed by atoms with Crippen molar-refractivity contribution in [3.8, 4) is 17.2 Å². The van der Waals surface area contributed by atoms with Crippen LogP contribution in [0.5, 0.6) is 17.2 Å². The molecule has 1 aliphatic carbocycles. The van der Waals surface area contributed by atoms with Crippen LogP contribution in [0, 0.1) is 0 Å². The molecule has 42 heavy (non-hydrogen) atoms. The predicted octanol–water partition coefficient (Wildman–Crippen LogP) is 4.95. The standard InChI is InChI=1S/C32H37N3O6S/c1-34-17-13-25(14-18-34)41-28-20-23(33-42(37,38)29-8-5-4-7-27(29)40-3)19-26-30(28)35(31(36)32(26)15-6-16-32)21-22-9-11-24(39-2)12-10-22/h4-5,7-12,19-20,25,33H,6,13-18,21H2,1-3H3. The Balaban J connectivity index is 1.43. The number of nitrogens with one attached hydrogen (secondary N) is 1. The maximum Gasteiger partial charge on any atom is 0.265 e. The van der Waals surface area contributed by atoms with E-state index in [1.54, 1.807) is 31.4 Å². The number of nitrogens with zero attached hydrogens (tertiary/aromatic N) is 2. The van der Waals surface area contributed by atoms with Gasteiger partial charge in [0.15, 0.2) is 0 Å². The van der Waals surface area contributed by atoms with Crippen molar-refractivity contribution in [2.24, 2.45) is 0 Å². The van der Waals surface area contributed by atoms with Gasteiger partial charge in [-0.15, -0.1) is 0 Å². The Morgan fingerprint density at radius 3 is 2.31 bits per heavy atom. The minimum Gasteiger partial charge on any atom is -0.497 e. The van der Waals surface area contributed by atoms with E-state index < -0.39 is 15.4 Å². The lowest BCUT2D eigenvalue weighted by atomic mass is 9.65. The third-order valence-corrected chi connectivity index (χ3v) is 10.2. The number of carbonyl (C=O) groups excluding carboxylic acids is 1. The number of methoxy groups -OCH3 is 2. The number of para-hydroxylation sites is 1. The van der Waals surface area contributed by atoms with E-state index in [0.29, 0.717) is 30.8 Å². The number of hydrogen-bond donors (Lipinski definition) is 1. The van der Waals surface area contributed by atoms with Gasteiger partial charge in [-0.2, -0.15) is 0 Å². The SMILES string of the molecule is COc1ccc(CN2C(=O)C3(CCC3)c3cc(NS(=O)(=O)c4ccccc4OC)cc(OC4CCN(C)CC4)c32)cc1. The molecule has 0 radical (unpaired) electrons. The Morgan fingerprint density at radius 2 is 1.67 bits per heavy atom. The van der Waals surface area contributed by atoms with E-state index in [2.05, 4.69) is 16.7 Å². The number of carbonyl (C=O) groups is 1. The van der Waals surface area contributed by atoms with E-state index in [0.717, 1.165) is 54.9 Å². The molecule has 222 valence electrons. The smallest absolute Gasteiger partial charge is 0.265 e. The van der Waals surface area contributed by atoms with Crippen LogP contribution >= 0.6 is 0 Å². The van der Waals surface area contributed by atoms with Gasteiger partial charge in [0, 0.05) is 19.2 Å². The number of amides is 1. The molecule has 0 aromatic heterocycles. The first-order valence-electron chi connectivity index (χ1n) is 14.4. The van der Waals surface area contributed by atoms with Crippen LogP contribution in [0.1, 0.15) is 43.2 Å². The summed E-state index contributed by atoms with van der Waals surface area (Å²) in [7, 11) is 1.18.